The zero-order chi connectivity index (χ0) is 32.8. The standard InChI is InChI=1S/C39H46FN5O3/c1-4-44-16-7-9-27(44)12-14-41-26(3)31-24-45-33-23-35-30(28-10-5-6-11-34(28)47-35)22-36(33)48-39-37(32(40)21-29(25(31)2)38(39)45)42-13-8-15-43-17-19-46-20-18-43/h5-6,10-11,21-25,27,41-42H,3-4,7-9,12-20H2,1-2H3. The number of likely N-dealkylation sites (tertiary alicyclic amines) is 1. The largest absolute Gasteiger partial charge is 0.456 e. The Morgan fingerprint density at radius 2 is 1.90 bits per heavy atom. The lowest BCUT2D eigenvalue weighted by atomic mass is 9.85. The second-order valence-corrected chi connectivity index (χ2v) is 13.5. The molecule has 4 aliphatic rings. The first-order valence-corrected chi connectivity index (χ1v) is 17.7. The van der Waals surface area contributed by atoms with Gasteiger partial charge >= 0.3 is 0 Å². The van der Waals surface area contributed by atoms with Crippen LogP contribution in [0, 0.1) is 5.82 Å². The molecular formula is C39H46FN5O3. The fourth-order valence-electron chi connectivity index (χ4n) is 8.08. The third kappa shape index (κ3) is 5.61. The van der Waals surface area contributed by atoms with Crippen molar-refractivity contribution in [3.8, 4) is 11.5 Å². The lowest BCUT2D eigenvalue weighted by Gasteiger charge is -2.39. The van der Waals surface area contributed by atoms with Crippen LogP contribution in [0.3, 0.4) is 0 Å². The number of allylic oxidation sites excluding steroid dienone is 1. The minimum atomic E-state index is -0.305. The molecular weight excluding hydrogens is 605 g/mol. The maximum absolute atomic E-state index is 16.2. The summed E-state index contributed by atoms with van der Waals surface area (Å²) in [5.41, 5.74) is 6.54. The summed E-state index contributed by atoms with van der Waals surface area (Å²) in [5.74, 6) is 0.802. The van der Waals surface area contributed by atoms with Crippen molar-refractivity contribution >= 4 is 39.0 Å². The SMILES string of the molecule is C=C(NCCC1CCCN1CC)C1=CN2c3cc4oc5ccccc5c4cc3Oc3c(NCCCN4CCOCC4)c(F)cc(c32)C1C. The molecule has 0 radical (unpaired) electrons. The van der Waals surface area contributed by atoms with Crippen LogP contribution in [0.1, 0.15) is 51.0 Å². The van der Waals surface area contributed by atoms with Crippen LogP contribution in [0.25, 0.3) is 21.9 Å². The van der Waals surface area contributed by atoms with Crippen LogP contribution >= 0.6 is 0 Å². The van der Waals surface area contributed by atoms with Crippen molar-refractivity contribution in [3.05, 3.63) is 77.9 Å². The first kappa shape index (κ1) is 31.2. The van der Waals surface area contributed by atoms with E-state index in [4.69, 9.17) is 13.9 Å². The number of para-hydroxylation sites is 1. The molecule has 1 aromatic heterocycles. The summed E-state index contributed by atoms with van der Waals surface area (Å²) in [7, 11) is 0. The second-order valence-electron chi connectivity index (χ2n) is 13.5. The van der Waals surface area contributed by atoms with Gasteiger partial charge in [-0.15, -0.1) is 0 Å². The Hall–Kier alpha value is -4.05. The average molecular weight is 652 g/mol. The van der Waals surface area contributed by atoms with Gasteiger partial charge in [-0.2, -0.15) is 0 Å². The van der Waals surface area contributed by atoms with Crippen molar-refractivity contribution in [1.29, 1.82) is 0 Å². The van der Waals surface area contributed by atoms with Gasteiger partial charge in [0.1, 0.15) is 16.9 Å². The van der Waals surface area contributed by atoms with E-state index in [1.807, 2.05) is 24.3 Å². The molecule has 5 heterocycles. The van der Waals surface area contributed by atoms with Gasteiger partial charge in [-0.1, -0.05) is 38.6 Å². The predicted octanol–water partition coefficient (Wildman–Crippen LogP) is 8.08. The summed E-state index contributed by atoms with van der Waals surface area (Å²) in [6.45, 7) is 17.0. The van der Waals surface area contributed by atoms with E-state index in [1.165, 1.54) is 19.4 Å². The summed E-state index contributed by atoms with van der Waals surface area (Å²) in [4.78, 5) is 7.13. The number of ether oxygens (including phenoxy) is 2. The van der Waals surface area contributed by atoms with Gasteiger partial charge in [0.2, 0.25) is 0 Å². The Labute approximate surface area is 282 Å². The van der Waals surface area contributed by atoms with E-state index >= 15 is 4.39 Å². The normalized spacial score (nSPS) is 20.8. The summed E-state index contributed by atoms with van der Waals surface area (Å²) in [5, 5.41) is 9.06. The Morgan fingerprint density at radius 1 is 1.04 bits per heavy atom. The second kappa shape index (κ2) is 13.1. The predicted molar refractivity (Wildman–Crippen MR) is 191 cm³/mol. The van der Waals surface area contributed by atoms with Crippen molar-refractivity contribution < 1.29 is 18.3 Å². The number of morpholine rings is 1. The molecule has 3 aromatic carbocycles. The molecule has 2 atom stereocenters. The monoisotopic (exact) mass is 651 g/mol. The maximum atomic E-state index is 16.2. The van der Waals surface area contributed by atoms with Crippen molar-refractivity contribution in [3.63, 3.8) is 0 Å². The molecule has 2 saturated heterocycles. The topological polar surface area (TPSA) is 65.4 Å². The molecule has 0 spiro atoms. The van der Waals surface area contributed by atoms with Gasteiger partial charge in [0.15, 0.2) is 17.3 Å². The number of furan rings is 1. The third-order valence-corrected chi connectivity index (χ3v) is 10.7. The molecule has 48 heavy (non-hydrogen) atoms. The molecule has 252 valence electrons. The van der Waals surface area contributed by atoms with Gasteiger partial charge in [0, 0.05) is 66.9 Å². The van der Waals surface area contributed by atoms with Crippen LogP contribution in [0.5, 0.6) is 11.5 Å². The zero-order valence-corrected chi connectivity index (χ0v) is 28.1. The molecule has 2 fully saturated rings. The molecule has 2 N–H and O–H groups in total. The highest BCUT2D eigenvalue weighted by Crippen LogP contribution is 2.58. The van der Waals surface area contributed by atoms with Crippen LogP contribution in [0.2, 0.25) is 0 Å². The number of hydrogen-bond acceptors (Lipinski definition) is 8. The number of hydrogen-bond donors (Lipinski definition) is 2. The van der Waals surface area contributed by atoms with E-state index in [2.05, 4.69) is 64.1 Å². The molecule has 8 rings (SSSR count). The van der Waals surface area contributed by atoms with E-state index in [0.29, 0.717) is 29.8 Å². The number of fused-ring (bicyclic) bond motifs is 5. The Kier molecular flexibility index (Phi) is 8.53. The van der Waals surface area contributed by atoms with Crippen molar-refractivity contribution in [1.82, 2.24) is 15.1 Å². The van der Waals surface area contributed by atoms with Crippen LogP contribution in [0.15, 0.2) is 70.9 Å². The first-order chi connectivity index (χ1) is 23.5. The van der Waals surface area contributed by atoms with Crippen molar-refractivity contribution in [2.24, 2.45) is 0 Å². The van der Waals surface area contributed by atoms with Gasteiger partial charge in [0.05, 0.1) is 24.6 Å². The highest BCUT2D eigenvalue weighted by atomic mass is 19.1. The number of rotatable bonds is 11. The Balaban J connectivity index is 1.13. The minimum Gasteiger partial charge on any atom is -0.456 e. The quantitative estimate of drug-likeness (QED) is 0.158. The lowest BCUT2D eigenvalue weighted by molar-refractivity contribution is 0.0378. The third-order valence-electron chi connectivity index (χ3n) is 10.7. The molecule has 9 heteroatoms. The summed E-state index contributed by atoms with van der Waals surface area (Å²) < 4.78 is 34.7. The molecule has 2 unspecified atom stereocenters. The highest BCUT2D eigenvalue weighted by molar-refractivity contribution is 6.07. The fourth-order valence-corrected chi connectivity index (χ4v) is 8.08. The lowest BCUT2D eigenvalue weighted by Crippen LogP contribution is -2.37. The van der Waals surface area contributed by atoms with E-state index < -0.39 is 0 Å². The zero-order valence-electron chi connectivity index (χ0n) is 28.1. The van der Waals surface area contributed by atoms with Gasteiger partial charge in [-0.05, 0) is 74.7 Å². The highest BCUT2D eigenvalue weighted by Gasteiger charge is 2.37. The fraction of sp³-hybridized carbons (Fsp3) is 0.436. The molecule has 4 aromatic rings. The number of nitrogens with zero attached hydrogens (tertiary/aromatic N) is 3. The number of nitrogens with one attached hydrogen (secondary N) is 2. The van der Waals surface area contributed by atoms with Gasteiger partial charge in [0.25, 0.3) is 0 Å². The van der Waals surface area contributed by atoms with Gasteiger partial charge in [-0.3, -0.25) is 4.90 Å². The number of anilines is 3. The number of halogens is 1. The van der Waals surface area contributed by atoms with Gasteiger partial charge < -0.3 is 34.3 Å². The molecule has 8 nitrogen and oxygen atoms in total. The summed E-state index contributed by atoms with van der Waals surface area (Å²) >= 11 is 0. The Bertz CT molecular complexity index is 1880. The smallest absolute Gasteiger partial charge is 0.177 e. The van der Waals surface area contributed by atoms with E-state index in [-0.39, 0.29) is 11.7 Å². The van der Waals surface area contributed by atoms with Crippen LogP contribution in [-0.4, -0.2) is 74.9 Å². The van der Waals surface area contributed by atoms with Crippen LogP contribution in [0.4, 0.5) is 21.5 Å². The molecule has 0 amide bonds. The van der Waals surface area contributed by atoms with Crippen LogP contribution in [-0.2, 0) is 4.74 Å². The maximum Gasteiger partial charge on any atom is 0.177 e. The minimum absolute atomic E-state index is 0.0847. The van der Waals surface area contributed by atoms with Crippen LogP contribution < -0.4 is 20.3 Å². The van der Waals surface area contributed by atoms with Crippen molar-refractivity contribution in [2.75, 3.05) is 69.2 Å². The van der Waals surface area contributed by atoms with E-state index in [9.17, 15) is 0 Å². The molecule has 0 bridgehead atoms. The summed E-state index contributed by atoms with van der Waals surface area (Å²) in [6.07, 6.45) is 6.65. The van der Waals surface area contributed by atoms with Gasteiger partial charge in [-0.25, -0.2) is 4.39 Å². The van der Waals surface area contributed by atoms with Crippen molar-refractivity contribution in [2.45, 2.75) is 51.5 Å². The Morgan fingerprint density at radius 3 is 2.75 bits per heavy atom. The summed E-state index contributed by atoms with van der Waals surface area (Å²) in [6, 6.07) is 14.4. The molecule has 0 saturated carbocycles. The van der Waals surface area contributed by atoms with E-state index in [1.54, 1.807) is 6.07 Å². The molecule has 4 aliphatic heterocycles. The average Bonchev–Trinajstić information content (AvgIpc) is 3.72. The van der Waals surface area contributed by atoms with E-state index in [0.717, 1.165) is 109 Å². The number of benzene rings is 3. The first-order valence-electron chi connectivity index (χ1n) is 17.7. The molecule has 0 aliphatic carbocycles.